The van der Waals surface area contributed by atoms with Crippen molar-refractivity contribution in [2.24, 2.45) is 5.41 Å². The minimum Gasteiger partial charge on any atom is -0.481 e. The Bertz CT molecular complexity index is 666. The zero-order valence-corrected chi connectivity index (χ0v) is 15.6. The topological polar surface area (TPSA) is 72.0 Å². The molecular formula is C19H27N3O4. The second-order valence-electron chi connectivity index (χ2n) is 7.23. The number of hydrogen-bond donors (Lipinski definition) is 0. The Hall–Kier alpha value is -2.15. The average Bonchev–Trinajstić information content (AvgIpc) is 2.68. The number of nitrogens with zero attached hydrogens (tertiary/aromatic N) is 3. The molecule has 26 heavy (non-hydrogen) atoms. The van der Waals surface area contributed by atoms with Crippen LogP contribution in [-0.4, -0.2) is 73.6 Å². The fourth-order valence-corrected chi connectivity index (χ4v) is 4.06. The first-order chi connectivity index (χ1) is 12.6. The number of rotatable bonds is 5. The van der Waals surface area contributed by atoms with Crippen molar-refractivity contribution < 1.29 is 19.1 Å². The Kier molecular flexibility index (Phi) is 5.76. The monoisotopic (exact) mass is 361 g/mol. The van der Waals surface area contributed by atoms with Gasteiger partial charge in [-0.1, -0.05) is 0 Å². The molecule has 2 fully saturated rings. The van der Waals surface area contributed by atoms with Crippen molar-refractivity contribution in [3.63, 3.8) is 0 Å². The average molecular weight is 361 g/mol. The van der Waals surface area contributed by atoms with Gasteiger partial charge in [-0.15, -0.1) is 0 Å². The van der Waals surface area contributed by atoms with E-state index in [1.54, 1.807) is 32.5 Å². The maximum atomic E-state index is 13.0. The highest BCUT2D eigenvalue weighted by atomic mass is 16.5. The van der Waals surface area contributed by atoms with Gasteiger partial charge in [0, 0.05) is 63.0 Å². The van der Waals surface area contributed by atoms with Crippen LogP contribution in [0.15, 0.2) is 18.3 Å². The summed E-state index contributed by atoms with van der Waals surface area (Å²) in [5.41, 5.74) is 0.587. The number of methoxy groups -OCH3 is 2. The van der Waals surface area contributed by atoms with E-state index in [0.29, 0.717) is 44.1 Å². The van der Waals surface area contributed by atoms with Crippen molar-refractivity contribution in [3.8, 4) is 5.88 Å². The number of hydrogen-bond acceptors (Lipinski definition) is 5. The van der Waals surface area contributed by atoms with Crippen LogP contribution in [0.2, 0.25) is 0 Å². The van der Waals surface area contributed by atoms with E-state index in [1.807, 2.05) is 9.80 Å². The lowest BCUT2D eigenvalue weighted by Gasteiger charge is -2.48. The Morgan fingerprint density at radius 3 is 2.92 bits per heavy atom. The molecule has 3 heterocycles. The van der Waals surface area contributed by atoms with Crippen LogP contribution in [0.25, 0.3) is 0 Å². The summed E-state index contributed by atoms with van der Waals surface area (Å²) in [6, 6.07) is 3.40. The molecule has 0 N–H and O–H groups in total. The molecular weight excluding hydrogens is 334 g/mol. The van der Waals surface area contributed by atoms with E-state index in [0.717, 1.165) is 25.8 Å². The van der Waals surface area contributed by atoms with Crippen molar-refractivity contribution in [1.29, 1.82) is 0 Å². The zero-order chi connectivity index (χ0) is 18.6. The van der Waals surface area contributed by atoms with Gasteiger partial charge in [0.1, 0.15) is 0 Å². The summed E-state index contributed by atoms with van der Waals surface area (Å²) < 4.78 is 10.3. The molecule has 0 bridgehead atoms. The molecule has 2 saturated heterocycles. The van der Waals surface area contributed by atoms with Crippen LogP contribution in [0.3, 0.4) is 0 Å². The van der Waals surface area contributed by atoms with Gasteiger partial charge in [-0.25, -0.2) is 4.98 Å². The van der Waals surface area contributed by atoms with Gasteiger partial charge in [-0.05, 0) is 25.3 Å². The highest BCUT2D eigenvalue weighted by Crippen LogP contribution is 2.39. The van der Waals surface area contributed by atoms with Crippen LogP contribution in [0.1, 0.15) is 36.0 Å². The van der Waals surface area contributed by atoms with Gasteiger partial charge in [0.15, 0.2) is 0 Å². The normalized spacial score (nSPS) is 23.4. The number of aromatic nitrogens is 1. The molecule has 1 aromatic rings. The fraction of sp³-hybridized carbons (Fsp3) is 0.632. The largest absolute Gasteiger partial charge is 0.481 e. The van der Waals surface area contributed by atoms with Crippen LogP contribution in [0, 0.1) is 5.41 Å². The second kappa shape index (κ2) is 8.03. The predicted octanol–water partition coefficient (Wildman–Crippen LogP) is 1.58. The van der Waals surface area contributed by atoms with Gasteiger partial charge in [0.05, 0.1) is 13.7 Å². The van der Waals surface area contributed by atoms with Crippen molar-refractivity contribution in [2.45, 2.75) is 25.7 Å². The van der Waals surface area contributed by atoms with E-state index < -0.39 is 0 Å². The third-order valence-electron chi connectivity index (χ3n) is 5.45. The van der Waals surface area contributed by atoms with Crippen molar-refractivity contribution >= 4 is 11.8 Å². The van der Waals surface area contributed by atoms with E-state index in [9.17, 15) is 9.59 Å². The summed E-state index contributed by atoms with van der Waals surface area (Å²) in [6.07, 6.45) is 5.00. The summed E-state index contributed by atoms with van der Waals surface area (Å²) in [5, 5.41) is 0. The molecule has 2 aliphatic heterocycles. The highest BCUT2D eigenvalue weighted by molar-refractivity contribution is 5.94. The maximum Gasteiger partial charge on any atom is 0.254 e. The molecule has 142 valence electrons. The van der Waals surface area contributed by atoms with Crippen molar-refractivity contribution in [3.05, 3.63) is 23.9 Å². The zero-order valence-electron chi connectivity index (χ0n) is 15.6. The van der Waals surface area contributed by atoms with Gasteiger partial charge < -0.3 is 19.3 Å². The minimum atomic E-state index is -0.00726. The van der Waals surface area contributed by atoms with Crippen molar-refractivity contribution in [2.75, 3.05) is 47.0 Å². The summed E-state index contributed by atoms with van der Waals surface area (Å²) in [4.78, 5) is 33.0. The van der Waals surface area contributed by atoms with Gasteiger partial charge >= 0.3 is 0 Å². The molecule has 1 atom stereocenters. The summed E-state index contributed by atoms with van der Waals surface area (Å²) in [7, 11) is 3.19. The first-order valence-electron chi connectivity index (χ1n) is 9.13. The lowest BCUT2D eigenvalue weighted by molar-refractivity contribution is -0.139. The van der Waals surface area contributed by atoms with Crippen LogP contribution in [-0.2, 0) is 9.53 Å². The second-order valence-corrected chi connectivity index (χ2v) is 7.23. The number of piperidine rings is 2. The molecule has 0 aromatic carbocycles. The third kappa shape index (κ3) is 3.98. The van der Waals surface area contributed by atoms with Crippen LogP contribution >= 0.6 is 0 Å². The number of amides is 2. The molecule has 0 saturated carbocycles. The number of pyridine rings is 1. The molecule has 3 rings (SSSR count). The number of carbonyl (C=O) groups excluding carboxylic acids is 2. The predicted molar refractivity (Wildman–Crippen MR) is 96.0 cm³/mol. The molecule has 1 unspecified atom stereocenters. The first kappa shape index (κ1) is 18.6. The third-order valence-corrected chi connectivity index (χ3v) is 5.45. The number of carbonyl (C=O) groups is 2. The smallest absolute Gasteiger partial charge is 0.254 e. The number of ether oxygens (including phenoxy) is 2. The maximum absolute atomic E-state index is 13.0. The fourth-order valence-electron chi connectivity index (χ4n) is 4.06. The van der Waals surface area contributed by atoms with Gasteiger partial charge in [0.2, 0.25) is 11.8 Å². The quantitative estimate of drug-likeness (QED) is 0.796. The van der Waals surface area contributed by atoms with Crippen molar-refractivity contribution in [1.82, 2.24) is 14.8 Å². The Morgan fingerprint density at radius 2 is 2.15 bits per heavy atom. The molecule has 2 amide bonds. The SMILES string of the molecule is COCCN1CC2(CCCN(C(=O)c3ccnc(OC)c3)C2)CCC1=O. The molecule has 1 aromatic heterocycles. The molecule has 0 aliphatic carbocycles. The molecule has 7 nitrogen and oxygen atoms in total. The van der Waals surface area contributed by atoms with E-state index in [1.165, 1.54) is 0 Å². The standard InChI is InChI=1S/C19H27N3O4/c1-25-11-10-21-13-19(7-4-17(21)23)6-3-9-22(14-19)18(24)15-5-8-20-16(12-15)26-2/h5,8,12H,3-4,6-7,9-11,13-14H2,1-2H3. The summed E-state index contributed by atoms with van der Waals surface area (Å²) in [5.74, 6) is 0.636. The first-order valence-corrected chi connectivity index (χ1v) is 9.13. The minimum absolute atomic E-state index is 0.00474. The van der Waals surface area contributed by atoms with E-state index >= 15 is 0 Å². The van der Waals surface area contributed by atoms with Gasteiger partial charge in [-0.2, -0.15) is 0 Å². The lowest BCUT2D eigenvalue weighted by Crippen LogP contribution is -2.55. The number of likely N-dealkylation sites (tertiary alicyclic amines) is 2. The molecule has 2 aliphatic rings. The molecule has 7 heteroatoms. The van der Waals surface area contributed by atoms with Crippen LogP contribution in [0.4, 0.5) is 0 Å². The Morgan fingerprint density at radius 1 is 1.31 bits per heavy atom. The summed E-state index contributed by atoms with van der Waals surface area (Å²) >= 11 is 0. The molecule has 0 radical (unpaired) electrons. The highest BCUT2D eigenvalue weighted by Gasteiger charge is 2.42. The van der Waals surface area contributed by atoms with E-state index in [4.69, 9.17) is 9.47 Å². The van der Waals surface area contributed by atoms with E-state index in [-0.39, 0.29) is 17.2 Å². The van der Waals surface area contributed by atoms with Gasteiger partial charge in [0.25, 0.3) is 5.91 Å². The van der Waals surface area contributed by atoms with Crippen LogP contribution in [0.5, 0.6) is 5.88 Å². The summed E-state index contributed by atoms with van der Waals surface area (Å²) in [6.45, 7) is 3.30. The Labute approximate surface area is 154 Å². The van der Waals surface area contributed by atoms with E-state index in [2.05, 4.69) is 4.98 Å². The molecule has 1 spiro atoms. The Balaban J connectivity index is 1.71. The van der Waals surface area contributed by atoms with Crippen LogP contribution < -0.4 is 4.74 Å². The lowest BCUT2D eigenvalue weighted by atomic mass is 9.73. The van der Waals surface area contributed by atoms with Gasteiger partial charge in [-0.3, -0.25) is 9.59 Å².